The molecule has 0 spiro atoms. The van der Waals surface area contributed by atoms with Crippen LogP contribution in [-0.2, 0) is 0 Å². The maximum atomic E-state index is 11.6. The zero-order valence-electron chi connectivity index (χ0n) is 5.40. The van der Waals surface area contributed by atoms with Crippen LogP contribution in [-0.4, -0.2) is 18.3 Å². The molecule has 2 nitrogen and oxygen atoms in total. The summed E-state index contributed by atoms with van der Waals surface area (Å²) in [7, 11) is 0. The van der Waals surface area contributed by atoms with Gasteiger partial charge >= 0.3 is 6.18 Å². The van der Waals surface area contributed by atoms with Crippen LogP contribution >= 0.6 is 12.4 Å². The van der Waals surface area contributed by atoms with E-state index >= 15 is 0 Å². The summed E-state index contributed by atoms with van der Waals surface area (Å²) in [4.78, 5) is 0. The molecular weight excluding hydrogens is 169 g/mol. The highest BCUT2D eigenvalue weighted by atomic mass is 35.5. The van der Waals surface area contributed by atoms with Gasteiger partial charge in [0.1, 0.15) is 5.54 Å². The van der Waals surface area contributed by atoms with Crippen LogP contribution < -0.4 is 11.5 Å². The van der Waals surface area contributed by atoms with Gasteiger partial charge in [-0.3, -0.25) is 0 Å². The molecule has 0 aliphatic rings. The van der Waals surface area contributed by atoms with Gasteiger partial charge in [-0.25, -0.2) is 0 Å². The molecule has 0 fully saturated rings. The van der Waals surface area contributed by atoms with E-state index in [0.29, 0.717) is 0 Å². The highest BCUT2D eigenvalue weighted by Gasteiger charge is 2.46. The first-order valence-electron chi connectivity index (χ1n) is 2.37. The molecule has 64 valence electrons. The molecule has 6 heteroatoms. The van der Waals surface area contributed by atoms with Gasteiger partial charge in [0.2, 0.25) is 0 Å². The van der Waals surface area contributed by atoms with Crippen molar-refractivity contribution in [3.05, 3.63) is 0 Å². The first-order valence-corrected chi connectivity index (χ1v) is 2.37. The first-order chi connectivity index (χ1) is 3.81. The predicted octanol–water partition coefficient (Wildman–Crippen LogP) is 0.647. The molecule has 10 heavy (non-hydrogen) atoms. The summed E-state index contributed by atoms with van der Waals surface area (Å²) in [5.41, 5.74) is 7.25. The van der Waals surface area contributed by atoms with E-state index in [9.17, 15) is 13.2 Å². The fourth-order valence-electron chi connectivity index (χ4n) is 0.116. The lowest BCUT2D eigenvalue weighted by Gasteiger charge is -2.25. The minimum Gasteiger partial charge on any atom is -0.328 e. The van der Waals surface area contributed by atoms with E-state index in [2.05, 4.69) is 0 Å². The zero-order chi connectivity index (χ0) is 7.71. The summed E-state index contributed by atoms with van der Waals surface area (Å²) in [6.07, 6.45) is -4.40. The van der Waals surface area contributed by atoms with Crippen LogP contribution in [0.25, 0.3) is 0 Å². The van der Waals surface area contributed by atoms with Crippen molar-refractivity contribution in [2.45, 2.75) is 18.6 Å². The van der Waals surface area contributed by atoms with E-state index in [1.807, 2.05) is 0 Å². The van der Waals surface area contributed by atoms with E-state index in [-0.39, 0.29) is 12.4 Å². The van der Waals surface area contributed by atoms with Crippen molar-refractivity contribution in [2.75, 3.05) is 6.54 Å². The molecule has 0 aromatic carbocycles. The largest absolute Gasteiger partial charge is 0.407 e. The molecule has 1 atom stereocenters. The molecule has 0 aromatic rings. The van der Waals surface area contributed by atoms with Crippen LogP contribution in [0.15, 0.2) is 0 Å². The van der Waals surface area contributed by atoms with Gasteiger partial charge in [-0.2, -0.15) is 13.2 Å². The van der Waals surface area contributed by atoms with Crippen molar-refractivity contribution < 1.29 is 13.2 Å². The Morgan fingerprint density at radius 1 is 1.30 bits per heavy atom. The normalized spacial score (nSPS) is 17.4. The molecule has 0 aliphatic heterocycles. The van der Waals surface area contributed by atoms with Crippen molar-refractivity contribution in [1.29, 1.82) is 0 Å². The second kappa shape index (κ2) is 3.41. The molecular formula is C4H10ClF3N2. The number of alkyl halides is 3. The molecule has 0 saturated heterocycles. The standard InChI is InChI=1S/C4H9F3N2.ClH/c1-3(9,2-8)4(5,6)7;/h2,8-9H2,1H3;1H/t3-;/m1./s1. The van der Waals surface area contributed by atoms with E-state index in [4.69, 9.17) is 11.5 Å². The minimum absolute atomic E-state index is 0. The zero-order valence-corrected chi connectivity index (χ0v) is 6.22. The van der Waals surface area contributed by atoms with Gasteiger partial charge in [-0.1, -0.05) is 0 Å². The number of hydrogen-bond acceptors (Lipinski definition) is 2. The molecule has 0 saturated carbocycles. The Balaban J connectivity index is 0. The summed E-state index contributed by atoms with van der Waals surface area (Å²) in [6.45, 7) is 0.267. The van der Waals surface area contributed by atoms with Gasteiger partial charge in [-0.15, -0.1) is 12.4 Å². The Hall–Kier alpha value is -0.0000000000000000555. The monoisotopic (exact) mass is 178 g/mol. The summed E-state index contributed by atoms with van der Waals surface area (Å²) in [5, 5.41) is 0. The third-order valence-electron chi connectivity index (χ3n) is 1.07. The molecule has 0 aliphatic carbocycles. The van der Waals surface area contributed by atoms with Gasteiger partial charge in [0, 0.05) is 6.54 Å². The van der Waals surface area contributed by atoms with Gasteiger partial charge < -0.3 is 11.5 Å². The van der Waals surface area contributed by atoms with E-state index in [1.165, 1.54) is 0 Å². The quantitative estimate of drug-likeness (QED) is 0.620. The van der Waals surface area contributed by atoms with E-state index < -0.39 is 18.3 Å². The second-order valence-electron chi connectivity index (χ2n) is 2.12. The Kier molecular flexibility index (Phi) is 4.31. The summed E-state index contributed by atoms with van der Waals surface area (Å²) < 4.78 is 34.9. The molecule has 0 heterocycles. The van der Waals surface area contributed by atoms with Crippen LogP contribution in [0.5, 0.6) is 0 Å². The summed E-state index contributed by atoms with van der Waals surface area (Å²) in [5.74, 6) is 0. The first kappa shape index (κ1) is 12.7. The number of nitrogens with two attached hydrogens (primary N) is 2. The van der Waals surface area contributed by atoms with E-state index in [1.54, 1.807) is 0 Å². The highest BCUT2D eigenvalue weighted by Crippen LogP contribution is 2.26. The Morgan fingerprint density at radius 3 is 1.60 bits per heavy atom. The average molecular weight is 179 g/mol. The van der Waals surface area contributed by atoms with Crippen LogP contribution in [0.2, 0.25) is 0 Å². The average Bonchev–Trinajstić information content (AvgIpc) is 1.64. The third kappa shape index (κ3) is 2.72. The maximum Gasteiger partial charge on any atom is 0.407 e. The lowest BCUT2D eigenvalue weighted by molar-refractivity contribution is -0.177. The Labute approximate surface area is 63.2 Å². The lowest BCUT2D eigenvalue weighted by atomic mass is 10.1. The molecule has 0 bridgehead atoms. The number of hydrogen-bond donors (Lipinski definition) is 2. The minimum atomic E-state index is -4.40. The Morgan fingerprint density at radius 2 is 1.60 bits per heavy atom. The Bertz CT molecular complexity index is 101. The SMILES string of the molecule is C[C@@](N)(CN)C(F)(F)F.Cl. The van der Waals surface area contributed by atoms with Crippen LogP contribution in [0.1, 0.15) is 6.92 Å². The van der Waals surface area contributed by atoms with Crippen LogP contribution in [0.3, 0.4) is 0 Å². The highest BCUT2D eigenvalue weighted by molar-refractivity contribution is 5.85. The fraction of sp³-hybridized carbons (Fsp3) is 1.00. The van der Waals surface area contributed by atoms with Crippen molar-refractivity contribution in [3.63, 3.8) is 0 Å². The lowest BCUT2D eigenvalue weighted by Crippen LogP contribution is -2.56. The van der Waals surface area contributed by atoms with Crippen molar-refractivity contribution >= 4 is 12.4 Å². The molecule has 0 unspecified atom stereocenters. The van der Waals surface area contributed by atoms with Crippen LogP contribution in [0, 0.1) is 0 Å². The molecule has 0 radical (unpaired) electrons. The number of halogens is 4. The molecule has 0 rings (SSSR count). The molecule has 0 aromatic heterocycles. The molecule has 0 amide bonds. The van der Waals surface area contributed by atoms with Gasteiger partial charge in [-0.05, 0) is 6.92 Å². The fourth-order valence-corrected chi connectivity index (χ4v) is 0.116. The topological polar surface area (TPSA) is 52.0 Å². The maximum absolute atomic E-state index is 11.6. The van der Waals surface area contributed by atoms with Gasteiger partial charge in [0.05, 0.1) is 0 Å². The molecule has 4 N–H and O–H groups in total. The van der Waals surface area contributed by atoms with Crippen molar-refractivity contribution in [2.24, 2.45) is 11.5 Å². The van der Waals surface area contributed by atoms with E-state index in [0.717, 1.165) is 6.92 Å². The second-order valence-corrected chi connectivity index (χ2v) is 2.12. The van der Waals surface area contributed by atoms with Crippen molar-refractivity contribution in [3.8, 4) is 0 Å². The van der Waals surface area contributed by atoms with Crippen LogP contribution in [0.4, 0.5) is 13.2 Å². The summed E-state index contributed by atoms with van der Waals surface area (Å²) >= 11 is 0. The summed E-state index contributed by atoms with van der Waals surface area (Å²) in [6, 6.07) is 0. The van der Waals surface area contributed by atoms with Crippen molar-refractivity contribution in [1.82, 2.24) is 0 Å². The van der Waals surface area contributed by atoms with Gasteiger partial charge in [0.25, 0.3) is 0 Å². The third-order valence-corrected chi connectivity index (χ3v) is 1.07. The number of rotatable bonds is 1. The van der Waals surface area contributed by atoms with Gasteiger partial charge in [0.15, 0.2) is 0 Å². The smallest absolute Gasteiger partial charge is 0.328 e. The predicted molar refractivity (Wildman–Crippen MR) is 34.9 cm³/mol.